The van der Waals surface area contributed by atoms with E-state index in [9.17, 15) is 10.5 Å². The van der Waals surface area contributed by atoms with Crippen LogP contribution in [-0.2, 0) is 4.74 Å². The number of hydrogen-bond acceptors (Lipinski definition) is 11. The highest BCUT2D eigenvalue weighted by Crippen LogP contribution is 2.36. The van der Waals surface area contributed by atoms with Crippen LogP contribution in [0.25, 0.3) is 5.65 Å². The van der Waals surface area contributed by atoms with Crippen LogP contribution in [0.4, 0.5) is 23.1 Å². The van der Waals surface area contributed by atoms with Crippen LogP contribution < -0.4 is 20.9 Å². The first-order chi connectivity index (χ1) is 18.6. The van der Waals surface area contributed by atoms with E-state index >= 15 is 0 Å². The van der Waals surface area contributed by atoms with E-state index in [0.717, 1.165) is 70.9 Å². The van der Waals surface area contributed by atoms with Gasteiger partial charge in [-0.15, -0.1) is 5.10 Å². The zero-order valence-corrected chi connectivity index (χ0v) is 21.6. The summed E-state index contributed by atoms with van der Waals surface area (Å²) in [6.45, 7) is 6.77. The normalized spacial score (nSPS) is 20.2. The molecule has 0 spiro atoms. The first-order valence-corrected chi connectivity index (χ1v) is 13.2. The van der Waals surface area contributed by atoms with Crippen LogP contribution >= 0.6 is 11.6 Å². The van der Waals surface area contributed by atoms with Gasteiger partial charge in [-0.25, -0.2) is 4.98 Å². The summed E-state index contributed by atoms with van der Waals surface area (Å²) in [6.07, 6.45) is 3.80. The molecule has 0 amide bonds. The molecule has 3 aliphatic rings. The summed E-state index contributed by atoms with van der Waals surface area (Å²) >= 11 is 6.90. The van der Waals surface area contributed by atoms with E-state index in [0.29, 0.717) is 39.5 Å². The molecule has 1 unspecified atom stereocenters. The van der Waals surface area contributed by atoms with Gasteiger partial charge in [-0.05, 0) is 25.0 Å². The van der Waals surface area contributed by atoms with Gasteiger partial charge >= 0.3 is 0 Å². The van der Waals surface area contributed by atoms with Crippen molar-refractivity contribution in [3.63, 3.8) is 0 Å². The second kappa shape index (κ2) is 10.6. The number of rotatable bonds is 7. The number of nitriles is 2. The monoisotopic (exact) mass is 533 g/mol. The minimum Gasteiger partial charge on any atom is -0.374 e. The first-order valence-electron chi connectivity index (χ1n) is 12.8. The Balaban J connectivity index is 1.24. The van der Waals surface area contributed by atoms with Gasteiger partial charge in [0.05, 0.1) is 46.9 Å². The molecule has 0 radical (unpaired) electrons. The molecule has 12 nitrogen and oxygen atoms in total. The summed E-state index contributed by atoms with van der Waals surface area (Å²) in [5.74, 6) is 0.802. The van der Waals surface area contributed by atoms with Crippen LogP contribution in [0.2, 0.25) is 5.02 Å². The molecule has 0 bridgehead atoms. The molecule has 2 aromatic heterocycles. The Morgan fingerprint density at radius 2 is 2.00 bits per heavy atom. The Labute approximate surface area is 225 Å². The van der Waals surface area contributed by atoms with Crippen LogP contribution in [0.3, 0.4) is 0 Å². The van der Waals surface area contributed by atoms with Gasteiger partial charge in [0.1, 0.15) is 6.07 Å². The van der Waals surface area contributed by atoms with E-state index in [2.05, 4.69) is 53.0 Å². The molecule has 2 saturated heterocycles. The summed E-state index contributed by atoms with van der Waals surface area (Å²) in [5.41, 5.74) is 2.59. The van der Waals surface area contributed by atoms with Crippen molar-refractivity contribution in [3.8, 4) is 12.1 Å². The fourth-order valence-electron chi connectivity index (χ4n) is 4.84. The summed E-state index contributed by atoms with van der Waals surface area (Å²) in [4.78, 5) is 13.6. The zero-order chi connectivity index (χ0) is 26.1. The number of fused-ring (bicyclic) bond motifs is 1. The van der Waals surface area contributed by atoms with Crippen LogP contribution in [0, 0.1) is 22.7 Å². The maximum absolute atomic E-state index is 9.74. The van der Waals surface area contributed by atoms with E-state index in [4.69, 9.17) is 16.3 Å². The third-order valence-corrected chi connectivity index (χ3v) is 7.40. The summed E-state index contributed by atoms with van der Waals surface area (Å²) in [6, 6.07) is 8.20. The lowest BCUT2D eigenvalue weighted by atomic mass is 10.1. The molecular weight excluding hydrogens is 506 g/mol. The highest BCUT2D eigenvalue weighted by Gasteiger charge is 2.26. The number of nitrogens with one attached hydrogen (secondary N) is 3. The highest BCUT2D eigenvalue weighted by atomic mass is 35.5. The topological polar surface area (TPSA) is 142 Å². The predicted octanol–water partition coefficient (Wildman–Crippen LogP) is 1.95. The maximum Gasteiger partial charge on any atom is 0.247 e. The second-order valence-electron chi connectivity index (χ2n) is 9.77. The maximum atomic E-state index is 9.74. The number of anilines is 4. The van der Waals surface area contributed by atoms with Crippen LogP contribution in [0.15, 0.2) is 18.3 Å². The van der Waals surface area contributed by atoms with Crippen molar-refractivity contribution in [2.24, 2.45) is 0 Å². The molecule has 13 heteroatoms. The summed E-state index contributed by atoms with van der Waals surface area (Å²) < 4.78 is 7.33. The minimum absolute atomic E-state index is 0.213. The number of ether oxygens (including phenoxy) is 1. The molecule has 3 N–H and O–H groups in total. The molecule has 6 rings (SSSR count). The molecular formula is C25H28ClN11O. The van der Waals surface area contributed by atoms with E-state index in [1.807, 2.05) is 6.07 Å². The number of benzene rings is 1. The number of piperazine rings is 1. The van der Waals surface area contributed by atoms with Crippen molar-refractivity contribution < 1.29 is 4.74 Å². The lowest BCUT2D eigenvalue weighted by Crippen LogP contribution is -2.52. The van der Waals surface area contributed by atoms with Crippen LogP contribution in [-0.4, -0.2) is 89.0 Å². The molecule has 1 aromatic carbocycles. The van der Waals surface area contributed by atoms with Gasteiger partial charge in [-0.3, -0.25) is 4.90 Å². The van der Waals surface area contributed by atoms with Gasteiger partial charge in [-0.2, -0.15) is 20.0 Å². The number of aromatic nitrogens is 4. The molecule has 4 heterocycles. The number of imidazole rings is 1. The first kappa shape index (κ1) is 24.6. The van der Waals surface area contributed by atoms with Crippen molar-refractivity contribution in [1.29, 1.82) is 10.5 Å². The Bertz CT molecular complexity index is 1410. The van der Waals surface area contributed by atoms with E-state index in [1.54, 1.807) is 6.07 Å². The smallest absolute Gasteiger partial charge is 0.247 e. The van der Waals surface area contributed by atoms with Gasteiger partial charge < -0.3 is 25.6 Å². The van der Waals surface area contributed by atoms with Gasteiger partial charge in [0, 0.05) is 51.9 Å². The molecule has 38 heavy (non-hydrogen) atoms. The second-order valence-corrected chi connectivity index (χ2v) is 10.1. The molecule has 3 aromatic rings. The molecule has 196 valence electrons. The largest absolute Gasteiger partial charge is 0.374 e. The third kappa shape index (κ3) is 5.17. The van der Waals surface area contributed by atoms with Crippen molar-refractivity contribution in [3.05, 3.63) is 34.6 Å². The predicted molar refractivity (Wildman–Crippen MR) is 143 cm³/mol. The van der Waals surface area contributed by atoms with Crippen molar-refractivity contribution in [2.75, 3.05) is 68.0 Å². The van der Waals surface area contributed by atoms with Crippen LogP contribution in [0.1, 0.15) is 24.1 Å². The lowest BCUT2D eigenvalue weighted by Gasteiger charge is -2.38. The average molecular weight is 534 g/mol. The van der Waals surface area contributed by atoms with Crippen molar-refractivity contribution in [1.82, 2.24) is 29.8 Å². The van der Waals surface area contributed by atoms with E-state index < -0.39 is 0 Å². The summed E-state index contributed by atoms with van der Waals surface area (Å²) in [5, 5.41) is 34.2. The highest BCUT2D eigenvalue weighted by molar-refractivity contribution is 6.36. The van der Waals surface area contributed by atoms with E-state index in [-0.39, 0.29) is 12.1 Å². The minimum atomic E-state index is 0.213. The molecule has 1 aliphatic carbocycles. The number of hydrogen-bond donors (Lipinski definition) is 3. The Morgan fingerprint density at radius 1 is 1.16 bits per heavy atom. The Hall–Kier alpha value is -3.68. The molecule has 3 fully saturated rings. The summed E-state index contributed by atoms with van der Waals surface area (Å²) in [7, 11) is 0. The molecule has 1 saturated carbocycles. The van der Waals surface area contributed by atoms with Crippen molar-refractivity contribution in [2.45, 2.75) is 25.0 Å². The fourth-order valence-corrected chi connectivity index (χ4v) is 5.12. The Morgan fingerprint density at radius 3 is 2.71 bits per heavy atom. The van der Waals surface area contributed by atoms with Gasteiger partial charge in [-0.1, -0.05) is 11.6 Å². The van der Waals surface area contributed by atoms with E-state index in [1.165, 1.54) is 10.7 Å². The lowest BCUT2D eigenvalue weighted by molar-refractivity contribution is 0.00465. The number of nitrogens with zero attached hydrogens (tertiary/aromatic N) is 8. The SMILES string of the molecule is N#Cc1cc(Nc2nc(NC3CC3)c3ncc(C#N)n3n2)c(Cl)c(N2CCN(CC3CNCCO3)CC2)c1. The quantitative estimate of drug-likeness (QED) is 0.410. The number of morpholine rings is 1. The van der Waals surface area contributed by atoms with Gasteiger partial charge in [0.15, 0.2) is 17.2 Å². The standard InChI is InChI=1S/C25H28ClN11O/c26-22-20(32-25-33-23(31-17-1-2-17)24-30-13-18(12-28)37(24)34-25)9-16(11-27)10-21(22)36-6-4-35(5-7-36)15-19-14-29-3-8-38-19/h9-10,13,17,19,29H,1-8,14-15H2,(H2,31,32,33,34). The van der Waals surface area contributed by atoms with Gasteiger partial charge in [0.25, 0.3) is 0 Å². The molecule has 1 atom stereocenters. The number of halogens is 1. The van der Waals surface area contributed by atoms with Gasteiger partial charge in [0.2, 0.25) is 5.95 Å². The molecule has 2 aliphatic heterocycles. The van der Waals surface area contributed by atoms with Crippen molar-refractivity contribution >= 4 is 40.4 Å². The average Bonchev–Trinajstić information content (AvgIpc) is 3.66. The Kier molecular flexibility index (Phi) is 6.87. The third-order valence-electron chi connectivity index (χ3n) is 7.00. The zero-order valence-electron chi connectivity index (χ0n) is 20.8. The van der Waals surface area contributed by atoms with Crippen LogP contribution in [0.5, 0.6) is 0 Å². The fraction of sp³-hybridized carbons (Fsp3) is 0.480.